The minimum atomic E-state index is -5.45. The third-order valence-corrected chi connectivity index (χ3v) is 13.0. The molecule has 2 unspecified atom stereocenters. The molecule has 398 valence electrons. The molecule has 1 aromatic rings. The van der Waals surface area contributed by atoms with E-state index in [0.717, 1.165) is 87.8 Å². The van der Waals surface area contributed by atoms with E-state index in [1.165, 1.54) is 6.07 Å². The van der Waals surface area contributed by atoms with E-state index in [4.69, 9.17) is 29.0 Å². The number of aliphatic hydroxyl groups is 2. The summed E-state index contributed by atoms with van der Waals surface area (Å²) >= 11 is 0. The number of unbranched alkanes of at least 4 members (excludes halogenated alkanes) is 8. The Hall–Kier alpha value is -4.39. The van der Waals surface area contributed by atoms with Crippen LogP contribution in [0.1, 0.15) is 142 Å². The monoisotopic (exact) mass is 1040 g/mol. The van der Waals surface area contributed by atoms with Crippen molar-refractivity contribution in [3.63, 3.8) is 0 Å². The summed E-state index contributed by atoms with van der Waals surface area (Å²) in [6, 6.07) is 1.24. The molecule has 0 bridgehead atoms. The van der Waals surface area contributed by atoms with E-state index < -0.39 is 83.7 Å². The number of allylic oxidation sites excluding steroid dienone is 14. The number of ether oxygens (including phenoxy) is 3. The molecule has 1 fully saturated rings. The van der Waals surface area contributed by atoms with E-state index >= 15 is 0 Å². The maximum Gasteiger partial charge on any atom is 0.481 e. The lowest BCUT2D eigenvalue weighted by molar-refractivity contribution is -0.161. The second-order valence-corrected chi connectivity index (χ2v) is 19.7. The van der Waals surface area contributed by atoms with Crippen molar-refractivity contribution < 1.29 is 71.1 Å². The fourth-order valence-corrected chi connectivity index (χ4v) is 8.74. The lowest BCUT2D eigenvalue weighted by Crippen LogP contribution is -2.36. The van der Waals surface area contributed by atoms with Gasteiger partial charge in [0.05, 0.1) is 13.2 Å². The molecule has 0 aliphatic carbocycles. The van der Waals surface area contributed by atoms with Gasteiger partial charge in [0.15, 0.2) is 18.1 Å². The van der Waals surface area contributed by atoms with Crippen molar-refractivity contribution in [2.75, 3.05) is 25.6 Å². The molecule has 1 saturated heterocycles. The molecule has 2 rings (SSSR count). The van der Waals surface area contributed by atoms with Gasteiger partial charge in [-0.25, -0.2) is 13.9 Å². The van der Waals surface area contributed by atoms with Crippen molar-refractivity contribution >= 4 is 39.2 Å². The zero-order valence-electron chi connectivity index (χ0n) is 41.2. The van der Waals surface area contributed by atoms with Crippen molar-refractivity contribution in [1.82, 2.24) is 9.55 Å². The number of nitrogen functional groups attached to an aromatic ring is 1. The zero-order valence-corrected chi connectivity index (χ0v) is 43.0. The van der Waals surface area contributed by atoms with Gasteiger partial charge >= 0.3 is 33.3 Å². The first-order valence-corrected chi connectivity index (χ1v) is 27.5. The van der Waals surface area contributed by atoms with Crippen LogP contribution in [0.5, 0.6) is 0 Å². The number of hydrogen-bond donors (Lipinski definition) is 5. The fourth-order valence-electron chi connectivity index (χ4n) is 6.63. The molecule has 0 aromatic carbocycles. The average molecular weight is 1040 g/mol. The summed E-state index contributed by atoms with van der Waals surface area (Å²) in [5, 5.41) is 20.9. The van der Waals surface area contributed by atoms with Crippen LogP contribution < -0.4 is 11.4 Å². The summed E-state index contributed by atoms with van der Waals surface area (Å²) in [5.74, 6) is -1.30. The normalized spacial score (nSPS) is 19.8. The van der Waals surface area contributed by atoms with Crippen LogP contribution in [-0.2, 0) is 51.1 Å². The van der Waals surface area contributed by atoms with Gasteiger partial charge in [-0.05, 0) is 82.8 Å². The number of rotatable bonds is 39. The van der Waals surface area contributed by atoms with Crippen LogP contribution in [0.25, 0.3) is 0 Å². The van der Waals surface area contributed by atoms with Crippen molar-refractivity contribution in [3.8, 4) is 0 Å². The van der Waals surface area contributed by atoms with Crippen molar-refractivity contribution in [2.45, 2.75) is 166 Å². The van der Waals surface area contributed by atoms with Crippen LogP contribution in [-0.4, -0.2) is 91.5 Å². The Morgan fingerprint density at radius 2 is 1.32 bits per heavy atom. The Morgan fingerprint density at radius 1 is 0.732 bits per heavy atom. The lowest BCUT2D eigenvalue weighted by Gasteiger charge is -2.21. The summed E-state index contributed by atoms with van der Waals surface area (Å²) in [5.41, 5.74) is 4.57. The number of esters is 2. The van der Waals surface area contributed by atoms with Gasteiger partial charge in [-0.15, -0.1) is 0 Å². The number of carbonyl (C=O) groups is 3. The Kier molecular flexibility index (Phi) is 33.0. The summed E-state index contributed by atoms with van der Waals surface area (Å²) in [6.07, 6.45) is 35.2. The number of nitrogens with two attached hydrogens (primary N) is 1. The van der Waals surface area contributed by atoms with Gasteiger partial charge in [0.25, 0.3) is 0 Å². The van der Waals surface area contributed by atoms with Crippen LogP contribution >= 0.6 is 15.6 Å². The first kappa shape index (κ1) is 62.7. The molecule has 0 saturated carbocycles. The number of anilines is 1. The van der Waals surface area contributed by atoms with Gasteiger partial charge < -0.3 is 39.9 Å². The highest BCUT2D eigenvalue weighted by molar-refractivity contribution is 7.61. The van der Waals surface area contributed by atoms with Crippen molar-refractivity contribution in [3.05, 3.63) is 108 Å². The van der Waals surface area contributed by atoms with E-state index in [9.17, 15) is 48.3 Å². The smallest absolute Gasteiger partial charge is 0.462 e. The third kappa shape index (κ3) is 30.3. The van der Waals surface area contributed by atoms with E-state index in [2.05, 4.69) is 59.6 Å². The summed E-state index contributed by atoms with van der Waals surface area (Å²) in [7, 11) is -10.9. The van der Waals surface area contributed by atoms with Gasteiger partial charge in [0.2, 0.25) is 0 Å². The highest BCUT2D eigenvalue weighted by Gasteiger charge is 2.46. The quantitative estimate of drug-likeness (QED) is 0.0103. The first-order valence-electron chi connectivity index (χ1n) is 24.6. The van der Waals surface area contributed by atoms with E-state index in [1.54, 1.807) is 12.2 Å². The number of nitrogens with zero attached hydrogens (tertiary/aromatic N) is 2. The third-order valence-electron chi connectivity index (χ3n) is 10.4. The molecule has 19 nitrogen and oxygen atoms in total. The van der Waals surface area contributed by atoms with Crippen molar-refractivity contribution in [2.24, 2.45) is 0 Å². The van der Waals surface area contributed by atoms with Crippen LogP contribution in [0, 0.1) is 0 Å². The predicted molar refractivity (Wildman–Crippen MR) is 270 cm³/mol. The van der Waals surface area contributed by atoms with Gasteiger partial charge in [0.1, 0.15) is 30.7 Å². The number of phosphoric ester groups is 2. The fraction of sp³-hybridized carbons (Fsp3) is 0.580. The minimum Gasteiger partial charge on any atom is -0.462 e. The van der Waals surface area contributed by atoms with Crippen LogP contribution in [0.3, 0.4) is 0 Å². The second kappa shape index (κ2) is 37.4. The molecule has 7 atom stereocenters. The van der Waals surface area contributed by atoms with E-state index in [-0.39, 0.29) is 24.4 Å². The molecule has 1 aliphatic heterocycles. The number of carbonyl (C=O) groups excluding carboxylic acids is 3. The molecule has 6 N–H and O–H groups in total. The Bertz CT molecular complexity index is 2080. The molecular weight excluding hydrogens is 961 g/mol. The van der Waals surface area contributed by atoms with Gasteiger partial charge in [-0.2, -0.15) is 9.29 Å². The largest absolute Gasteiger partial charge is 0.481 e. The summed E-state index contributed by atoms with van der Waals surface area (Å²) in [4.78, 5) is 73.6. The van der Waals surface area contributed by atoms with Gasteiger partial charge in [-0.3, -0.25) is 28.0 Å². The SMILES string of the molecule is CC/C=C\C/C=C\C/C=C\CCCCCCCC(=O)O[C@H](COC(=O)CCC/C=C\C/C=C\C/C=C\C=C\C(=O)CCCCC)COP(=O)(O)OP(=O)(O)OC[C@H]1O[C@@H](n2ccc(N)nc2=O)[C@H](O)[C@@H]1O. The molecule has 1 aromatic heterocycles. The Balaban J connectivity index is 1.85. The van der Waals surface area contributed by atoms with Crippen molar-refractivity contribution in [1.29, 1.82) is 0 Å². The van der Waals surface area contributed by atoms with E-state index in [1.807, 2.05) is 36.5 Å². The summed E-state index contributed by atoms with van der Waals surface area (Å²) < 4.78 is 56.6. The molecule has 0 spiro atoms. The number of aliphatic hydroxyl groups excluding tert-OH is 2. The maximum atomic E-state index is 12.8. The highest BCUT2D eigenvalue weighted by Crippen LogP contribution is 2.60. The molecule has 0 amide bonds. The zero-order chi connectivity index (χ0) is 52.2. The molecular formula is C50H77N3O16P2. The second-order valence-electron chi connectivity index (χ2n) is 16.6. The van der Waals surface area contributed by atoms with Crippen LogP contribution in [0.4, 0.5) is 5.82 Å². The molecule has 21 heteroatoms. The molecule has 0 radical (unpaired) electrons. The number of aromatic nitrogens is 2. The topological polar surface area (TPSA) is 283 Å². The number of ketones is 1. The predicted octanol–water partition coefficient (Wildman–Crippen LogP) is 9.06. The van der Waals surface area contributed by atoms with Crippen LogP contribution in [0.2, 0.25) is 0 Å². The van der Waals surface area contributed by atoms with Gasteiger partial charge in [0, 0.05) is 25.5 Å². The maximum absolute atomic E-state index is 12.8. The Labute approximate surface area is 418 Å². The first-order chi connectivity index (χ1) is 34.1. The van der Waals surface area contributed by atoms with E-state index in [0.29, 0.717) is 32.1 Å². The van der Waals surface area contributed by atoms with Gasteiger partial charge in [-0.1, -0.05) is 125 Å². The molecule has 71 heavy (non-hydrogen) atoms. The Morgan fingerprint density at radius 3 is 2.00 bits per heavy atom. The standard InChI is InChI=1S/C50H77N3O16P2/c1-3-5-7-8-9-10-11-12-13-14-17-21-24-27-31-35-46(56)67-42(38-64-45(55)34-30-26-23-20-18-15-16-19-22-25-29-33-41(54)32-28-6-4-2)39-65-70(60,61)69-71(62,63)66-40-43-47(57)48(58)49(68-43)53-37-36-44(51)52-50(53)59/h5,7,9-10,12-13,15-16,20,22-23,25,29,33,36-37,42-43,47-49,57-58H,3-4,6,8,11,14,17-19,21,24,26-28,30-32,34-35,38-40H2,1-2H3,(H,60,61)(H,62,63)(H2,51,52,59)/b7-5-,10-9-,13-12-,16-15-,23-20-,25-22-,33-29+/t42-,43-,47-,48-,49-/m1/s1. The number of phosphoric acid groups is 2. The molecule has 1 aliphatic rings. The average Bonchev–Trinajstić information content (AvgIpc) is 3.60. The molecule has 2 heterocycles. The lowest BCUT2D eigenvalue weighted by atomic mass is 10.1. The number of hydrogen-bond acceptors (Lipinski definition) is 16. The minimum absolute atomic E-state index is 0.00219. The highest BCUT2D eigenvalue weighted by atomic mass is 31.3. The summed E-state index contributed by atoms with van der Waals surface area (Å²) in [6.45, 7) is 1.78. The van der Waals surface area contributed by atoms with Crippen LogP contribution in [0.15, 0.2) is 102 Å².